The lowest BCUT2D eigenvalue weighted by Crippen LogP contribution is -2.01. The van der Waals surface area contributed by atoms with E-state index in [1.165, 1.54) is 21.5 Å². The van der Waals surface area contributed by atoms with Gasteiger partial charge in [0.05, 0.1) is 6.20 Å². The van der Waals surface area contributed by atoms with E-state index in [4.69, 9.17) is 19.4 Å². The Morgan fingerprint density at radius 1 is 0.583 bits per heavy atom. The second-order valence-electron chi connectivity index (χ2n) is 11.9. The molecule has 5 heteroatoms. The predicted molar refractivity (Wildman–Crippen MR) is 199 cm³/mol. The fourth-order valence-electron chi connectivity index (χ4n) is 6.88. The summed E-state index contributed by atoms with van der Waals surface area (Å²) in [6, 6.07) is 38.3. The maximum absolute atomic E-state index is 6.18. The molecule has 9 aromatic rings. The molecule has 0 amide bonds. The summed E-state index contributed by atoms with van der Waals surface area (Å²) in [5, 5.41) is 10.1. The lowest BCUT2D eigenvalue weighted by molar-refractivity contribution is 0.602. The molecule has 3 aromatic heterocycles. The van der Waals surface area contributed by atoms with Gasteiger partial charge in [0, 0.05) is 33.8 Å². The van der Waals surface area contributed by atoms with Crippen LogP contribution in [0.3, 0.4) is 0 Å². The maximum atomic E-state index is 6.18. The number of furan rings is 1. The Balaban J connectivity index is 1.39. The summed E-state index contributed by atoms with van der Waals surface area (Å²) in [5.41, 5.74) is 4.16. The van der Waals surface area contributed by atoms with Crippen LogP contribution in [0.5, 0.6) is 0 Å². The fraction of sp³-hybridized carbons (Fsp3) is 0.0233. The van der Waals surface area contributed by atoms with Crippen molar-refractivity contribution in [2.75, 3.05) is 0 Å². The second kappa shape index (κ2) is 11.1. The number of rotatable bonds is 5. The van der Waals surface area contributed by atoms with Gasteiger partial charge in [-0.2, -0.15) is 0 Å². The third-order valence-electron chi connectivity index (χ3n) is 9.06. The van der Waals surface area contributed by atoms with E-state index in [1.807, 2.05) is 37.4 Å². The van der Waals surface area contributed by atoms with Gasteiger partial charge < -0.3 is 4.42 Å². The molecule has 0 aliphatic carbocycles. The van der Waals surface area contributed by atoms with Gasteiger partial charge in [-0.25, -0.2) is 15.0 Å². The third-order valence-corrected chi connectivity index (χ3v) is 9.06. The van der Waals surface area contributed by atoms with Crippen molar-refractivity contribution in [1.82, 2.24) is 19.9 Å². The molecule has 0 atom stereocenters. The molecular formula is C43H28N4O. The summed E-state index contributed by atoms with van der Waals surface area (Å²) in [6.07, 6.45) is 9.29. The number of nitrogens with zero attached hydrogens (tertiary/aromatic N) is 4. The molecule has 0 bridgehead atoms. The first kappa shape index (κ1) is 27.8. The molecule has 0 radical (unpaired) electrons. The van der Waals surface area contributed by atoms with Crippen LogP contribution in [-0.2, 0) is 0 Å². The average Bonchev–Trinajstić information content (AvgIpc) is 3.51. The zero-order chi connectivity index (χ0) is 32.2. The van der Waals surface area contributed by atoms with Crippen molar-refractivity contribution >= 4 is 66.2 Å². The highest BCUT2D eigenvalue weighted by Crippen LogP contribution is 2.40. The van der Waals surface area contributed by atoms with Crippen LogP contribution in [0, 0.1) is 0 Å². The van der Waals surface area contributed by atoms with E-state index in [1.54, 1.807) is 12.3 Å². The predicted octanol–water partition coefficient (Wildman–Crippen LogP) is 11.3. The molecule has 6 aromatic carbocycles. The number of allylic oxidation sites excluding steroid dienone is 1. The summed E-state index contributed by atoms with van der Waals surface area (Å²) in [7, 11) is 0. The first-order chi connectivity index (χ1) is 23.7. The Labute approximate surface area is 276 Å². The van der Waals surface area contributed by atoms with E-state index in [-0.39, 0.29) is 0 Å². The van der Waals surface area contributed by atoms with Gasteiger partial charge in [-0.1, -0.05) is 116 Å². The van der Waals surface area contributed by atoms with Crippen LogP contribution >= 0.6 is 0 Å². The van der Waals surface area contributed by atoms with Crippen molar-refractivity contribution in [2.24, 2.45) is 0 Å². The number of pyridine rings is 1. The Morgan fingerprint density at radius 3 is 2.04 bits per heavy atom. The Bertz CT molecular complexity index is 2760. The fourth-order valence-corrected chi connectivity index (χ4v) is 6.88. The van der Waals surface area contributed by atoms with E-state index in [0.717, 1.165) is 49.2 Å². The van der Waals surface area contributed by atoms with E-state index in [2.05, 4.69) is 109 Å². The monoisotopic (exact) mass is 616 g/mol. The molecule has 0 N–H and O–H groups in total. The van der Waals surface area contributed by atoms with Gasteiger partial charge >= 0.3 is 0 Å². The van der Waals surface area contributed by atoms with E-state index >= 15 is 0 Å². The lowest BCUT2D eigenvalue weighted by atomic mass is 9.92. The number of hydrogen-bond donors (Lipinski definition) is 0. The summed E-state index contributed by atoms with van der Waals surface area (Å²) >= 11 is 0. The zero-order valence-electron chi connectivity index (χ0n) is 26.2. The summed E-state index contributed by atoms with van der Waals surface area (Å²) in [6.45, 7) is 5.98. The summed E-state index contributed by atoms with van der Waals surface area (Å²) < 4.78 is 6.18. The van der Waals surface area contributed by atoms with Gasteiger partial charge in [0.25, 0.3) is 0 Å². The van der Waals surface area contributed by atoms with Gasteiger partial charge in [-0.05, 0) is 68.2 Å². The molecule has 0 unspecified atom stereocenters. The SMILES string of the molecule is C=Cc1oc2cncc(-c3nc(-c4ccc5ccccc5c4)nc(-c4cc5ccccc5c5c4ccc4ccccc45)n3)c2c1/C=C\C. The number of benzene rings is 6. The van der Waals surface area contributed by atoms with Crippen molar-refractivity contribution in [3.05, 3.63) is 146 Å². The number of aromatic nitrogens is 4. The minimum atomic E-state index is 0.519. The number of hydrogen-bond acceptors (Lipinski definition) is 5. The molecule has 0 spiro atoms. The highest BCUT2D eigenvalue weighted by Gasteiger charge is 2.21. The summed E-state index contributed by atoms with van der Waals surface area (Å²) in [5.74, 6) is 2.37. The topological polar surface area (TPSA) is 64.7 Å². The first-order valence-electron chi connectivity index (χ1n) is 15.9. The molecular weight excluding hydrogens is 589 g/mol. The van der Waals surface area contributed by atoms with Crippen LogP contribution in [0.25, 0.3) is 100 Å². The van der Waals surface area contributed by atoms with Gasteiger partial charge in [0.15, 0.2) is 23.1 Å². The molecule has 3 heterocycles. The third kappa shape index (κ3) is 4.40. The minimum Gasteiger partial charge on any atom is -0.454 e. The van der Waals surface area contributed by atoms with Gasteiger partial charge in [0.2, 0.25) is 0 Å². The van der Waals surface area contributed by atoms with Crippen LogP contribution in [0.1, 0.15) is 18.2 Å². The van der Waals surface area contributed by atoms with Gasteiger partial charge in [-0.15, -0.1) is 0 Å². The Kier molecular flexibility index (Phi) is 6.44. The molecule has 5 nitrogen and oxygen atoms in total. The maximum Gasteiger partial charge on any atom is 0.166 e. The molecule has 0 saturated heterocycles. The van der Waals surface area contributed by atoms with Gasteiger partial charge in [-0.3, -0.25) is 4.98 Å². The lowest BCUT2D eigenvalue weighted by Gasteiger charge is -2.14. The van der Waals surface area contributed by atoms with Crippen molar-refractivity contribution in [2.45, 2.75) is 6.92 Å². The van der Waals surface area contributed by atoms with E-state index < -0.39 is 0 Å². The molecule has 0 fully saturated rings. The number of fused-ring (bicyclic) bond motifs is 7. The molecule has 0 aliphatic heterocycles. The molecule has 226 valence electrons. The van der Waals surface area contributed by atoms with Crippen LogP contribution in [-0.4, -0.2) is 19.9 Å². The smallest absolute Gasteiger partial charge is 0.166 e. The van der Waals surface area contributed by atoms with Crippen LogP contribution in [0.2, 0.25) is 0 Å². The molecule has 48 heavy (non-hydrogen) atoms. The molecule has 0 aliphatic rings. The largest absolute Gasteiger partial charge is 0.454 e. The van der Waals surface area contributed by atoms with Gasteiger partial charge in [0.1, 0.15) is 5.76 Å². The highest BCUT2D eigenvalue weighted by molar-refractivity contribution is 6.23. The highest BCUT2D eigenvalue weighted by atomic mass is 16.3. The Hall–Kier alpha value is -6.46. The summed E-state index contributed by atoms with van der Waals surface area (Å²) in [4.78, 5) is 20.1. The minimum absolute atomic E-state index is 0.519. The van der Waals surface area contributed by atoms with Crippen molar-refractivity contribution in [3.63, 3.8) is 0 Å². The molecule has 0 saturated carbocycles. The Morgan fingerprint density at radius 2 is 1.25 bits per heavy atom. The standard InChI is InChI=1S/C43H28N4O/c1-3-11-34-37(4-2)48-38-25-44-24-36(40(34)38)43-46-41(30-19-18-26-12-5-6-14-28(26)22-30)45-42(47-43)35-23-29-15-8-10-17-32(29)39-31-16-9-7-13-27(31)20-21-33(35)39/h3-25H,2H2,1H3/b11-3-. The first-order valence-corrected chi connectivity index (χ1v) is 15.9. The van der Waals surface area contributed by atoms with E-state index in [0.29, 0.717) is 28.8 Å². The van der Waals surface area contributed by atoms with Crippen molar-refractivity contribution < 1.29 is 4.42 Å². The molecule has 9 rings (SSSR count). The van der Waals surface area contributed by atoms with Crippen LogP contribution in [0.4, 0.5) is 0 Å². The quantitative estimate of drug-likeness (QED) is 0.180. The van der Waals surface area contributed by atoms with Crippen molar-refractivity contribution in [1.29, 1.82) is 0 Å². The average molecular weight is 617 g/mol. The zero-order valence-corrected chi connectivity index (χ0v) is 26.2. The van der Waals surface area contributed by atoms with Crippen LogP contribution in [0.15, 0.2) is 139 Å². The second-order valence-corrected chi connectivity index (χ2v) is 11.9. The normalized spacial score (nSPS) is 11.9. The van der Waals surface area contributed by atoms with Crippen molar-refractivity contribution in [3.8, 4) is 34.2 Å². The van der Waals surface area contributed by atoms with E-state index in [9.17, 15) is 0 Å². The van der Waals surface area contributed by atoms with Crippen LogP contribution < -0.4 is 0 Å².